The number of nitrogen functional groups attached to an aromatic ring is 1. The topological polar surface area (TPSA) is 65.5 Å². The third-order valence-electron chi connectivity index (χ3n) is 4.86. The first-order valence-corrected chi connectivity index (χ1v) is 9.13. The van der Waals surface area contributed by atoms with Gasteiger partial charge in [-0.2, -0.15) is 0 Å². The number of aryl methyl sites for hydroxylation is 1. The van der Waals surface area contributed by atoms with Gasteiger partial charge < -0.3 is 16.0 Å². The molecule has 1 aliphatic rings. The van der Waals surface area contributed by atoms with E-state index < -0.39 is 0 Å². The Morgan fingerprint density at radius 2 is 1.72 bits per heavy atom. The molecule has 134 valence electrons. The van der Waals surface area contributed by atoms with Crippen LogP contribution in [0.4, 0.5) is 17.1 Å². The molecule has 1 aliphatic carbocycles. The largest absolute Gasteiger partial charge is 0.398 e. The van der Waals surface area contributed by atoms with Crippen molar-refractivity contribution in [3.63, 3.8) is 0 Å². The van der Waals surface area contributed by atoms with Crippen molar-refractivity contribution < 1.29 is 0 Å². The second-order valence-electron chi connectivity index (χ2n) is 6.46. The third kappa shape index (κ3) is 4.01. The molecule has 0 atom stereocenters. The van der Waals surface area contributed by atoms with Crippen LogP contribution in [0.1, 0.15) is 46.6 Å². The van der Waals surface area contributed by atoms with Crippen LogP contribution < -0.4 is 10.6 Å². The molecule has 25 heavy (non-hydrogen) atoms. The first-order valence-electron chi connectivity index (χ1n) is 9.13. The van der Waals surface area contributed by atoms with E-state index >= 15 is 0 Å². The summed E-state index contributed by atoms with van der Waals surface area (Å²) in [5.74, 6) is 0. The van der Waals surface area contributed by atoms with Crippen LogP contribution in [-0.2, 0) is 6.42 Å². The first-order chi connectivity index (χ1) is 11.9. The predicted octanol–water partition coefficient (Wildman–Crippen LogP) is 5.07. The lowest BCUT2D eigenvalue weighted by molar-refractivity contribution is 0.864. The summed E-state index contributed by atoms with van der Waals surface area (Å²) in [4.78, 5) is 7.25. The van der Waals surface area contributed by atoms with Crippen LogP contribution in [0.2, 0.25) is 0 Å². The molecular formula is C21H30N4. The van der Waals surface area contributed by atoms with Gasteiger partial charge in [-0.25, -0.2) is 4.99 Å². The maximum Gasteiger partial charge on any atom is 0.0874 e. The van der Waals surface area contributed by atoms with Gasteiger partial charge in [0.15, 0.2) is 0 Å². The number of aliphatic imine (C=N–C) groups is 1. The summed E-state index contributed by atoms with van der Waals surface area (Å²) in [6, 6.07) is 4.20. The number of hydrogen-bond donors (Lipinski definition) is 2. The predicted molar refractivity (Wildman–Crippen MR) is 111 cm³/mol. The average Bonchev–Trinajstić information content (AvgIpc) is 2.60. The molecule has 0 bridgehead atoms. The van der Waals surface area contributed by atoms with E-state index in [2.05, 4.69) is 37.8 Å². The van der Waals surface area contributed by atoms with Gasteiger partial charge in [-0.3, -0.25) is 0 Å². The van der Waals surface area contributed by atoms with Crippen molar-refractivity contribution in [3.05, 3.63) is 41.0 Å². The Labute approximate surface area is 151 Å². The highest BCUT2D eigenvalue weighted by molar-refractivity contribution is 6.23. The second kappa shape index (κ2) is 8.15. The van der Waals surface area contributed by atoms with Crippen LogP contribution in [-0.4, -0.2) is 24.5 Å². The molecule has 0 amide bonds. The molecule has 0 unspecified atom stereocenters. The molecule has 0 fully saturated rings. The monoisotopic (exact) mass is 338 g/mol. The number of nitrogens with zero attached hydrogens (tertiary/aromatic N) is 2. The van der Waals surface area contributed by atoms with E-state index in [0.29, 0.717) is 5.71 Å². The number of rotatable bonds is 6. The van der Waals surface area contributed by atoms with Crippen molar-refractivity contribution in [2.75, 3.05) is 23.7 Å². The number of nitrogens with two attached hydrogens (primary N) is 1. The summed E-state index contributed by atoms with van der Waals surface area (Å²) in [6.45, 7) is 12.3. The van der Waals surface area contributed by atoms with Gasteiger partial charge in [0.1, 0.15) is 0 Å². The van der Waals surface area contributed by atoms with E-state index in [0.717, 1.165) is 65.4 Å². The molecule has 0 spiro atoms. The first kappa shape index (κ1) is 19.0. The van der Waals surface area contributed by atoms with Gasteiger partial charge in [0, 0.05) is 18.8 Å². The van der Waals surface area contributed by atoms with E-state index in [1.807, 2.05) is 26.0 Å². The fourth-order valence-corrected chi connectivity index (χ4v) is 3.09. The van der Waals surface area contributed by atoms with E-state index in [1.165, 1.54) is 0 Å². The number of hydrogen-bond acceptors (Lipinski definition) is 4. The quantitative estimate of drug-likeness (QED) is 0.562. The Hall–Kier alpha value is -2.36. The number of nitrogens with one attached hydrogen (secondary N) is 1. The second-order valence-corrected chi connectivity index (χ2v) is 6.46. The summed E-state index contributed by atoms with van der Waals surface area (Å²) in [6.07, 6.45) is 5.77. The molecule has 2 rings (SSSR count). The van der Waals surface area contributed by atoms with Gasteiger partial charge in [0.2, 0.25) is 0 Å². The Kier molecular flexibility index (Phi) is 6.18. The van der Waals surface area contributed by atoms with Gasteiger partial charge in [0.05, 0.1) is 22.8 Å². The van der Waals surface area contributed by atoms with Crippen LogP contribution in [0.25, 0.3) is 0 Å². The lowest BCUT2D eigenvalue weighted by atomic mass is 9.96. The fraction of sp³-hybridized carbons (Fsp3) is 0.429. The zero-order valence-corrected chi connectivity index (χ0v) is 16.1. The Balaban J connectivity index is 2.61. The van der Waals surface area contributed by atoms with Crippen molar-refractivity contribution in [1.82, 2.24) is 0 Å². The number of anilines is 2. The highest BCUT2D eigenvalue weighted by atomic mass is 15.1. The molecule has 0 aliphatic heterocycles. The molecule has 1 aromatic rings. The lowest BCUT2D eigenvalue weighted by Crippen LogP contribution is -2.22. The molecule has 0 saturated carbocycles. The number of benzene rings is 1. The maximum absolute atomic E-state index is 7.96. The highest BCUT2D eigenvalue weighted by Crippen LogP contribution is 2.35. The minimum Gasteiger partial charge on any atom is -0.398 e. The molecule has 0 saturated heterocycles. The van der Waals surface area contributed by atoms with Gasteiger partial charge in [0.25, 0.3) is 0 Å². The van der Waals surface area contributed by atoms with Crippen molar-refractivity contribution >= 4 is 28.5 Å². The smallest absolute Gasteiger partial charge is 0.0874 e. The molecule has 0 radical (unpaired) electrons. The summed E-state index contributed by atoms with van der Waals surface area (Å²) in [5, 5.41) is 7.96. The average molecular weight is 338 g/mol. The Bertz CT molecular complexity index is 749. The summed E-state index contributed by atoms with van der Waals surface area (Å²) in [5.41, 5.74) is 13.9. The highest BCUT2D eigenvalue weighted by Gasteiger charge is 2.15. The zero-order valence-electron chi connectivity index (χ0n) is 16.1. The molecule has 0 heterocycles. The SMILES string of the molecule is CCCc1cc(N=C2C=CC(=N)C(C)=C2C)c(N(CC)CC)cc1N. The van der Waals surface area contributed by atoms with Crippen LogP contribution >= 0.6 is 0 Å². The van der Waals surface area contributed by atoms with E-state index in [9.17, 15) is 0 Å². The summed E-state index contributed by atoms with van der Waals surface area (Å²) >= 11 is 0. The molecule has 0 aromatic heterocycles. The van der Waals surface area contributed by atoms with Gasteiger partial charge in [-0.15, -0.1) is 0 Å². The van der Waals surface area contributed by atoms with E-state index in [4.69, 9.17) is 16.1 Å². The Morgan fingerprint density at radius 1 is 1.04 bits per heavy atom. The lowest BCUT2D eigenvalue weighted by Gasteiger charge is -2.25. The zero-order chi connectivity index (χ0) is 18.6. The molecule has 4 heteroatoms. The van der Waals surface area contributed by atoms with Crippen LogP contribution in [0.5, 0.6) is 0 Å². The van der Waals surface area contributed by atoms with Crippen LogP contribution in [0, 0.1) is 5.41 Å². The van der Waals surface area contributed by atoms with Crippen molar-refractivity contribution in [2.24, 2.45) is 4.99 Å². The van der Waals surface area contributed by atoms with E-state index in [-0.39, 0.29) is 0 Å². The minimum absolute atomic E-state index is 0.560. The Morgan fingerprint density at radius 3 is 2.32 bits per heavy atom. The summed E-state index contributed by atoms with van der Waals surface area (Å²) in [7, 11) is 0. The normalized spacial score (nSPS) is 16.0. The minimum atomic E-state index is 0.560. The molecule has 3 N–H and O–H groups in total. The fourth-order valence-electron chi connectivity index (χ4n) is 3.09. The van der Waals surface area contributed by atoms with Crippen LogP contribution in [0.15, 0.2) is 40.4 Å². The third-order valence-corrected chi connectivity index (χ3v) is 4.86. The van der Waals surface area contributed by atoms with E-state index in [1.54, 1.807) is 0 Å². The van der Waals surface area contributed by atoms with Crippen molar-refractivity contribution in [3.8, 4) is 0 Å². The standard InChI is InChI=1S/C21H30N4/c1-6-9-16-12-20(21(13-18(16)23)25(7-2)8-3)24-19-11-10-17(22)14(4)15(19)5/h10-13,22H,6-9,23H2,1-5H3. The molecular weight excluding hydrogens is 308 g/mol. The summed E-state index contributed by atoms with van der Waals surface area (Å²) < 4.78 is 0. The van der Waals surface area contributed by atoms with Gasteiger partial charge in [-0.05, 0) is 75.1 Å². The van der Waals surface area contributed by atoms with Gasteiger partial charge >= 0.3 is 0 Å². The van der Waals surface area contributed by atoms with Gasteiger partial charge in [-0.1, -0.05) is 13.3 Å². The van der Waals surface area contributed by atoms with Crippen molar-refractivity contribution in [2.45, 2.75) is 47.5 Å². The molecule has 1 aromatic carbocycles. The number of allylic oxidation sites excluding steroid dienone is 4. The van der Waals surface area contributed by atoms with Crippen molar-refractivity contribution in [1.29, 1.82) is 5.41 Å². The molecule has 4 nitrogen and oxygen atoms in total. The maximum atomic E-state index is 7.96. The van der Waals surface area contributed by atoms with Crippen LogP contribution in [0.3, 0.4) is 0 Å².